The van der Waals surface area contributed by atoms with Gasteiger partial charge in [-0.05, 0) is 73.4 Å². The molecule has 0 unspecified atom stereocenters. The van der Waals surface area contributed by atoms with E-state index in [-0.39, 0.29) is 0 Å². The molecule has 0 aliphatic heterocycles. The number of rotatable bonds is 9. The highest BCUT2D eigenvalue weighted by Crippen LogP contribution is 2.12. The van der Waals surface area contributed by atoms with Gasteiger partial charge in [0.2, 0.25) is 0 Å². The third-order valence-electron chi connectivity index (χ3n) is 4.58. The molecular weight excluding hydrogens is 352 g/mol. The fourth-order valence-electron chi connectivity index (χ4n) is 2.81. The maximum atomic E-state index is 5.66. The molecule has 150 valence electrons. The maximum absolute atomic E-state index is 5.66. The van der Waals surface area contributed by atoms with Gasteiger partial charge in [-0.15, -0.1) is 0 Å². The molecule has 1 heteroatoms. The molecule has 0 spiro atoms. The van der Waals surface area contributed by atoms with Crippen molar-refractivity contribution in [3.8, 4) is 29.4 Å². The zero-order valence-corrected chi connectivity index (χ0v) is 17.8. The highest BCUT2D eigenvalue weighted by molar-refractivity contribution is 5.42. The maximum Gasteiger partial charge on any atom is 0.119 e. The number of unbranched alkanes of at least 4 members (excludes halogenated alkanes) is 4. The van der Waals surface area contributed by atoms with Gasteiger partial charge < -0.3 is 4.74 Å². The van der Waals surface area contributed by atoms with Crippen LogP contribution in [0.5, 0.6) is 5.75 Å². The fraction of sp³-hybridized carbons (Fsp3) is 0.357. The van der Waals surface area contributed by atoms with Crippen molar-refractivity contribution in [2.24, 2.45) is 0 Å². The van der Waals surface area contributed by atoms with E-state index in [1.54, 1.807) is 12.2 Å². The smallest absolute Gasteiger partial charge is 0.119 e. The largest absolute Gasteiger partial charge is 0.494 e. The lowest BCUT2D eigenvalue weighted by Gasteiger charge is -2.04. The molecule has 0 atom stereocenters. The number of aryl methyl sites for hydroxylation is 1. The molecule has 0 bridgehead atoms. The van der Waals surface area contributed by atoms with E-state index in [4.69, 9.17) is 4.74 Å². The molecule has 29 heavy (non-hydrogen) atoms. The van der Waals surface area contributed by atoms with Gasteiger partial charge in [-0.2, -0.15) is 0 Å². The lowest BCUT2D eigenvalue weighted by Crippen LogP contribution is -1.95. The Morgan fingerprint density at radius 3 is 1.86 bits per heavy atom. The third kappa shape index (κ3) is 9.73. The number of hydrogen-bond acceptors (Lipinski definition) is 1. The minimum atomic E-state index is 0.768. The zero-order chi connectivity index (χ0) is 20.6. The van der Waals surface area contributed by atoms with Crippen LogP contribution in [0.3, 0.4) is 0 Å². The van der Waals surface area contributed by atoms with Crippen LogP contribution >= 0.6 is 0 Å². The van der Waals surface area contributed by atoms with Gasteiger partial charge in [-0.3, -0.25) is 0 Å². The molecule has 0 heterocycles. The van der Waals surface area contributed by atoms with E-state index in [1.807, 2.05) is 24.3 Å². The molecule has 0 saturated heterocycles. The molecule has 2 aromatic rings. The third-order valence-corrected chi connectivity index (χ3v) is 4.58. The molecule has 0 aromatic heterocycles. The van der Waals surface area contributed by atoms with Gasteiger partial charge in [-0.25, -0.2) is 0 Å². The summed E-state index contributed by atoms with van der Waals surface area (Å²) < 4.78 is 5.66. The molecule has 2 rings (SSSR count). The highest BCUT2D eigenvalue weighted by Gasteiger charge is 1.94. The molecule has 0 aliphatic carbocycles. The van der Waals surface area contributed by atoms with Crippen molar-refractivity contribution in [3.05, 3.63) is 77.4 Å². The van der Waals surface area contributed by atoms with Crippen LogP contribution in [-0.4, -0.2) is 6.61 Å². The van der Waals surface area contributed by atoms with Gasteiger partial charge >= 0.3 is 0 Å². The lowest BCUT2D eigenvalue weighted by molar-refractivity contribution is 0.309. The molecule has 1 nitrogen and oxygen atoms in total. The second kappa shape index (κ2) is 14.1. The van der Waals surface area contributed by atoms with Crippen molar-refractivity contribution < 1.29 is 4.74 Å². The Bertz CT molecular complexity index is 849. The summed E-state index contributed by atoms with van der Waals surface area (Å²) in [6.45, 7) is 5.17. The molecule has 0 aliphatic rings. The summed E-state index contributed by atoms with van der Waals surface area (Å²) >= 11 is 0. The Labute approximate surface area is 177 Å². The molecule has 0 radical (unpaired) electrons. The summed E-state index contributed by atoms with van der Waals surface area (Å²) in [6, 6.07) is 16.5. The molecule has 2 aromatic carbocycles. The van der Waals surface area contributed by atoms with Crippen LogP contribution in [0.25, 0.3) is 0 Å². The number of benzene rings is 2. The van der Waals surface area contributed by atoms with E-state index in [0.717, 1.165) is 42.7 Å². The van der Waals surface area contributed by atoms with Crippen LogP contribution in [-0.2, 0) is 6.42 Å². The molecule has 0 amide bonds. The number of allylic oxidation sites excluding steroid dienone is 2. The summed E-state index contributed by atoms with van der Waals surface area (Å²) in [7, 11) is 0. The molecule has 0 fully saturated rings. The van der Waals surface area contributed by atoms with Gasteiger partial charge in [0.05, 0.1) is 6.61 Å². The van der Waals surface area contributed by atoms with Crippen LogP contribution < -0.4 is 4.74 Å². The second-order valence-corrected chi connectivity index (χ2v) is 7.11. The van der Waals surface area contributed by atoms with Crippen LogP contribution in [0, 0.1) is 23.7 Å². The average Bonchev–Trinajstić information content (AvgIpc) is 2.76. The quantitative estimate of drug-likeness (QED) is 0.336. The molecular formula is C28H32O. The van der Waals surface area contributed by atoms with Gasteiger partial charge in [0.25, 0.3) is 0 Å². The normalized spacial score (nSPS) is 10.1. The minimum Gasteiger partial charge on any atom is -0.494 e. The molecule has 0 N–H and O–H groups in total. The monoisotopic (exact) mass is 384 g/mol. The Hall–Kier alpha value is -2.90. The van der Waals surface area contributed by atoms with Crippen LogP contribution in [0.15, 0.2) is 60.7 Å². The summed E-state index contributed by atoms with van der Waals surface area (Å²) in [5.74, 6) is 13.3. The SMILES string of the molecule is CCCCCCc1ccc(C#C/C=C/C#Cc2ccc(OCCCC)cc2)cc1. The number of ether oxygens (including phenoxy) is 1. The predicted octanol–water partition coefficient (Wildman–Crippen LogP) is 6.95. The summed E-state index contributed by atoms with van der Waals surface area (Å²) in [5.41, 5.74) is 3.41. The fourth-order valence-corrected chi connectivity index (χ4v) is 2.81. The standard InChI is InChI=1S/C28H32O/c1-3-5-7-10-13-25-16-18-26(19-17-25)14-11-8-9-12-15-27-20-22-28(23-21-27)29-24-6-4-2/h8-9,16-23H,3-7,10,13,24H2,1-2H3/b9-8+. The summed E-state index contributed by atoms with van der Waals surface area (Å²) in [5, 5.41) is 0. The van der Waals surface area contributed by atoms with Gasteiger partial charge in [0.1, 0.15) is 5.75 Å². The van der Waals surface area contributed by atoms with Crippen LogP contribution in [0.4, 0.5) is 0 Å². The first-order valence-corrected chi connectivity index (χ1v) is 10.8. The van der Waals surface area contributed by atoms with E-state index < -0.39 is 0 Å². The van der Waals surface area contributed by atoms with Crippen LogP contribution in [0.1, 0.15) is 69.1 Å². The number of hydrogen-bond donors (Lipinski definition) is 0. The summed E-state index contributed by atoms with van der Waals surface area (Å²) in [6.07, 6.45) is 12.2. The van der Waals surface area contributed by atoms with E-state index in [1.165, 1.54) is 31.2 Å². The topological polar surface area (TPSA) is 9.23 Å². The van der Waals surface area contributed by atoms with Gasteiger partial charge in [0.15, 0.2) is 0 Å². The second-order valence-electron chi connectivity index (χ2n) is 7.11. The van der Waals surface area contributed by atoms with E-state index in [9.17, 15) is 0 Å². The van der Waals surface area contributed by atoms with Crippen molar-refractivity contribution >= 4 is 0 Å². The van der Waals surface area contributed by atoms with Crippen molar-refractivity contribution in [1.29, 1.82) is 0 Å². The van der Waals surface area contributed by atoms with Crippen molar-refractivity contribution in [2.45, 2.75) is 58.8 Å². The molecule has 0 saturated carbocycles. The van der Waals surface area contributed by atoms with Gasteiger partial charge in [0, 0.05) is 11.1 Å². The average molecular weight is 385 g/mol. The van der Waals surface area contributed by atoms with Gasteiger partial charge in [-0.1, -0.05) is 75.3 Å². The zero-order valence-electron chi connectivity index (χ0n) is 17.8. The Morgan fingerprint density at radius 1 is 0.690 bits per heavy atom. The first-order valence-electron chi connectivity index (χ1n) is 10.8. The Balaban J connectivity index is 1.77. The van der Waals surface area contributed by atoms with Crippen LogP contribution in [0.2, 0.25) is 0 Å². The minimum absolute atomic E-state index is 0.768. The van der Waals surface area contributed by atoms with Crippen molar-refractivity contribution in [1.82, 2.24) is 0 Å². The van der Waals surface area contributed by atoms with E-state index in [2.05, 4.69) is 61.8 Å². The Kier molecular flexibility index (Phi) is 10.9. The predicted molar refractivity (Wildman–Crippen MR) is 124 cm³/mol. The van der Waals surface area contributed by atoms with E-state index >= 15 is 0 Å². The lowest BCUT2D eigenvalue weighted by atomic mass is 10.0. The van der Waals surface area contributed by atoms with E-state index in [0.29, 0.717) is 0 Å². The van der Waals surface area contributed by atoms with Crippen molar-refractivity contribution in [2.75, 3.05) is 6.61 Å². The summed E-state index contributed by atoms with van der Waals surface area (Å²) in [4.78, 5) is 0. The van der Waals surface area contributed by atoms with Crippen molar-refractivity contribution in [3.63, 3.8) is 0 Å². The highest BCUT2D eigenvalue weighted by atomic mass is 16.5. The first-order chi connectivity index (χ1) is 14.3. The first kappa shape index (κ1) is 22.4. The Morgan fingerprint density at radius 2 is 1.28 bits per heavy atom.